The lowest BCUT2D eigenvalue weighted by atomic mass is 10.1. The van der Waals surface area contributed by atoms with E-state index in [1.807, 2.05) is 24.9 Å². The third kappa shape index (κ3) is 10.6. The van der Waals surface area contributed by atoms with E-state index in [0.29, 0.717) is 49.1 Å². The number of nitrogens with zero attached hydrogens (tertiary/aromatic N) is 5. The number of unbranched alkanes of at least 4 members (excludes halogenated alkanes) is 3. The third-order valence-electron chi connectivity index (χ3n) is 5.93. The van der Waals surface area contributed by atoms with Crippen LogP contribution in [0.4, 0.5) is 20.5 Å². The zero-order chi connectivity index (χ0) is 28.8. The number of hydrogen-bond acceptors (Lipinski definition) is 9. The molecule has 3 aromatic rings. The smallest absolute Gasteiger partial charge is 0.387 e. The molecular formula is C26H40F2N8O3. The first-order valence-corrected chi connectivity index (χ1v) is 13.0. The van der Waals surface area contributed by atoms with E-state index in [9.17, 15) is 13.6 Å². The van der Waals surface area contributed by atoms with Crippen molar-refractivity contribution in [3.63, 3.8) is 0 Å². The van der Waals surface area contributed by atoms with E-state index in [0.717, 1.165) is 12.0 Å². The van der Waals surface area contributed by atoms with E-state index in [1.54, 1.807) is 12.1 Å². The number of aliphatic hydroxyl groups excluding tert-OH is 1. The average Bonchev–Trinajstić information content (AvgIpc) is 3.27. The Hall–Kier alpha value is -3.58. The van der Waals surface area contributed by atoms with Crippen LogP contribution >= 0.6 is 0 Å². The first-order valence-electron chi connectivity index (χ1n) is 13.0. The molecule has 3 rings (SSSR count). The molecule has 6 N–H and O–H groups in total. The molecular weight excluding hydrogens is 510 g/mol. The van der Waals surface area contributed by atoms with Crippen LogP contribution in [0.2, 0.25) is 0 Å². The van der Waals surface area contributed by atoms with Gasteiger partial charge >= 0.3 is 6.61 Å². The standard InChI is InChI=1S/C20H26F2N8O2.C6H14O/c1-12(25-11-31)9-29(2)6-5-13-3-4-14(16(7-13)32-19(21)22)10-30-17-15(8-26-30)27-20(24)28-18(17)23;1-2-3-4-5-6-7/h3-4,7-8,11-12,19H,5-6,9-10H2,1-2H3,(H,25,31)(H4,23,24,27,28);7H,2-6H2,1H3/t12-;/m1./s1. The Labute approximate surface area is 227 Å². The lowest BCUT2D eigenvalue weighted by Crippen LogP contribution is -2.37. The Balaban J connectivity index is 0.000000673. The maximum absolute atomic E-state index is 13.1. The van der Waals surface area contributed by atoms with Gasteiger partial charge in [-0.25, -0.2) is 4.98 Å². The summed E-state index contributed by atoms with van der Waals surface area (Å²) in [5.74, 6) is 0.246. The molecule has 0 aliphatic carbocycles. The van der Waals surface area contributed by atoms with Crippen LogP contribution in [-0.2, 0) is 17.8 Å². The Bertz CT molecular complexity index is 1160. The van der Waals surface area contributed by atoms with Gasteiger partial charge in [0.05, 0.1) is 12.7 Å². The molecule has 13 heteroatoms. The van der Waals surface area contributed by atoms with Crippen molar-refractivity contribution in [3.05, 3.63) is 35.5 Å². The number of aromatic nitrogens is 4. The van der Waals surface area contributed by atoms with Gasteiger partial charge in [-0.3, -0.25) is 9.48 Å². The van der Waals surface area contributed by atoms with Crippen LogP contribution in [0.1, 0.15) is 50.7 Å². The molecule has 0 saturated carbocycles. The highest BCUT2D eigenvalue weighted by Crippen LogP contribution is 2.26. The SMILES string of the molecule is CCCCCCO.C[C@H](CN(C)CCc1ccc(Cn2ncc3nc(N)nc(N)c32)c(OC(F)F)c1)NC=O. The Kier molecular flexibility index (Phi) is 13.3. The van der Waals surface area contributed by atoms with Crippen molar-refractivity contribution in [2.75, 3.05) is 38.2 Å². The van der Waals surface area contributed by atoms with Crippen LogP contribution < -0.4 is 21.5 Å². The summed E-state index contributed by atoms with van der Waals surface area (Å²) in [6, 6.07) is 5.20. The predicted molar refractivity (Wildman–Crippen MR) is 147 cm³/mol. The molecule has 0 aliphatic heterocycles. The summed E-state index contributed by atoms with van der Waals surface area (Å²) >= 11 is 0. The van der Waals surface area contributed by atoms with Gasteiger partial charge < -0.3 is 31.5 Å². The molecule has 1 atom stereocenters. The van der Waals surface area contributed by atoms with Gasteiger partial charge in [0.2, 0.25) is 12.4 Å². The number of rotatable bonds is 15. The normalized spacial score (nSPS) is 11.9. The minimum Gasteiger partial charge on any atom is -0.434 e. The van der Waals surface area contributed by atoms with Crippen molar-refractivity contribution >= 4 is 29.2 Å². The molecule has 0 aliphatic rings. The number of aliphatic hydroxyl groups is 1. The van der Waals surface area contributed by atoms with E-state index in [2.05, 4.69) is 27.3 Å². The summed E-state index contributed by atoms with van der Waals surface area (Å²) < 4.78 is 32.4. The maximum Gasteiger partial charge on any atom is 0.387 e. The molecule has 2 heterocycles. The van der Waals surface area contributed by atoms with Gasteiger partial charge in [0, 0.05) is 31.3 Å². The highest BCUT2D eigenvalue weighted by molar-refractivity contribution is 5.85. The van der Waals surface area contributed by atoms with Crippen molar-refractivity contribution < 1.29 is 23.4 Å². The van der Waals surface area contributed by atoms with Gasteiger partial charge in [-0.2, -0.15) is 18.9 Å². The van der Waals surface area contributed by atoms with E-state index in [1.165, 1.54) is 30.1 Å². The number of nitrogen functional groups attached to an aromatic ring is 2. The number of anilines is 2. The van der Waals surface area contributed by atoms with Crippen LogP contribution in [0.25, 0.3) is 11.0 Å². The number of alkyl halides is 2. The Morgan fingerprint density at radius 1 is 1.23 bits per heavy atom. The topological polar surface area (TPSA) is 157 Å². The predicted octanol–water partition coefficient (Wildman–Crippen LogP) is 2.81. The van der Waals surface area contributed by atoms with Crippen molar-refractivity contribution in [2.45, 2.75) is 65.1 Å². The zero-order valence-corrected chi connectivity index (χ0v) is 22.8. The quantitative estimate of drug-likeness (QED) is 0.165. The molecule has 11 nitrogen and oxygen atoms in total. The van der Waals surface area contributed by atoms with Gasteiger partial charge in [0.1, 0.15) is 16.8 Å². The van der Waals surface area contributed by atoms with Gasteiger partial charge in [-0.15, -0.1) is 0 Å². The Morgan fingerprint density at radius 3 is 2.67 bits per heavy atom. The molecule has 1 amide bonds. The van der Waals surface area contributed by atoms with Gasteiger partial charge in [0.25, 0.3) is 0 Å². The highest BCUT2D eigenvalue weighted by Gasteiger charge is 2.16. The van der Waals surface area contributed by atoms with Crippen LogP contribution in [0, 0.1) is 0 Å². The summed E-state index contributed by atoms with van der Waals surface area (Å²) in [7, 11) is 1.93. The molecule has 1 aromatic carbocycles. The van der Waals surface area contributed by atoms with Crippen molar-refractivity contribution in [3.8, 4) is 5.75 Å². The van der Waals surface area contributed by atoms with Crippen molar-refractivity contribution in [2.24, 2.45) is 0 Å². The van der Waals surface area contributed by atoms with E-state index < -0.39 is 6.61 Å². The zero-order valence-electron chi connectivity index (χ0n) is 22.8. The number of fused-ring (bicyclic) bond motifs is 1. The van der Waals surface area contributed by atoms with Crippen LogP contribution in [0.3, 0.4) is 0 Å². The number of nitrogens with one attached hydrogen (secondary N) is 1. The highest BCUT2D eigenvalue weighted by atomic mass is 19.3. The lowest BCUT2D eigenvalue weighted by Gasteiger charge is -2.21. The Morgan fingerprint density at radius 2 is 2.00 bits per heavy atom. The molecule has 0 unspecified atom stereocenters. The maximum atomic E-state index is 13.1. The van der Waals surface area contributed by atoms with Gasteiger partial charge in [-0.05, 0) is 38.4 Å². The fraction of sp³-hybridized carbons (Fsp3) is 0.538. The molecule has 0 spiro atoms. The summed E-state index contributed by atoms with van der Waals surface area (Å²) in [5, 5.41) is 15.2. The largest absolute Gasteiger partial charge is 0.434 e. The third-order valence-corrected chi connectivity index (χ3v) is 5.93. The van der Waals surface area contributed by atoms with Crippen LogP contribution in [0.15, 0.2) is 24.4 Å². The second-order valence-corrected chi connectivity index (χ2v) is 9.31. The number of carbonyl (C=O) groups excluding carboxylic acids is 1. The van der Waals surface area contributed by atoms with Crippen LogP contribution in [0.5, 0.6) is 5.75 Å². The minimum atomic E-state index is -2.97. The number of likely N-dealkylation sites (N-methyl/N-ethyl adjacent to an activating group) is 1. The van der Waals surface area contributed by atoms with Gasteiger partial charge in [-0.1, -0.05) is 38.3 Å². The number of halogens is 2. The second-order valence-electron chi connectivity index (χ2n) is 9.31. The first kappa shape index (κ1) is 31.6. The van der Waals surface area contributed by atoms with Crippen molar-refractivity contribution in [1.82, 2.24) is 30.0 Å². The molecule has 0 saturated heterocycles. The lowest BCUT2D eigenvalue weighted by molar-refractivity contribution is -0.110. The fourth-order valence-corrected chi connectivity index (χ4v) is 4.00. The van der Waals surface area contributed by atoms with E-state index in [-0.39, 0.29) is 30.1 Å². The number of nitrogens with two attached hydrogens (primary N) is 2. The number of carbonyl (C=O) groups is 1. The summed E-state index contributed by atoms with van der Waals surface area (Å²) in [4.78, 5) is 20.6. The summed E-state index contributed by atoms with van der Waals surface area (Å²) in [5.41, 5.74) is 13.8. The average molecular weight is 551 g/mol. The molecule has 216 valence electrons. The minimum absolute atomic E-state index is 0.00765. The van der Waals surface area contributed by atoms with Crippen molar-refractivity contribution in [1.29, 1.82) is 0 Å². The molecule has 0 radical (unpaired) electrons. The second kappa shape index (κ2) is 16.4. The first-order chi connectivity index (χ1) is 18.7. The molecule has 0 bridgehead atoms. The van der Waals surface area contributed by atoms with Crippen LogP contribution in [-0.4, -0.2) is 75.6 Å². The molecule has 2 aromatic heterocycles. The van der Waals surface area contributed by atoms with Gasteiger partial charge in [0.15, 0.2) is 5.82 Å². The van der Waals surface area contributed by atoms with E-state index in [4.69, 9.17) is 21.3 Å². The number of hydrogen-bond donors (Lipinski definition) is 4. The van der Waals surface area contributed by atoms with E-state index >= 15 is 0 Å². The monoisotopic (exact) mass is 550 g/mol. The summed E-state index contributed by atoms with van der Waals surface area (Å²) in [6.07, 6.45) is 7.46. The number of amides is 1. The molecule has 0 fully saturated rings. The summed E-state index contributed by atoms with van der Waals surface area (Å²) in [6.45, 7) is 2.94. The fourth-order valence-electron chi connectivity index (χ4n) is 4.00. The number of ether oxygens (including phenoxy) is 1. The number of benzene rings is 1. The molecule has 39 heavy (non-hydrogen) atoms.